The van der Waals surface area contributed by atoms with Crippen molar-refractivity contribution in [2.24, 2.45) is 0 Å². The zero-order valence-electron chi connectivity index (χ0n) is 11.0. The largest absolute Gasteiger partial charge is 0.573 e. The lowest BCUT2D eigenvalue weighted by Crippen LogP contribution is -2.17. The Bertz CT molecular complexity index is 651. The second kappa shape index (κ2) is 5.87. The molecule has 0 aliphatic rings. The molecule has 21 heavy (non-hydrogen) atoms. The van der Waals surface area contributed by atoms with Crippen molar-refractivity contribution >= 4 is 6.29 Å². The summed E-state index contributed by atoms with van der Waals surface area (Å²) < 4.78 is 46.0. The van der Waals surface area contributed by atoms with Crippen molar-refractivity contribution in [1.29, 1.82) is 0 Å². The Labute approximate surface area is 118 Å². The molecule has 0 saturated carbocycles. The van der Waals surface area contributed by atoms with Crippen LogP contribution in [0.25, 0.3) is 11.1 Å². The number of carbonyl (C=O) groups excluding carboxylic acids is 1. The number of rotatable bonds is 4. The Balaban J connectivity index is 2.45. The predicted octanol–water partition coefficient (Wildman–Crippen LogP) is 4.07. The number of alkyl halides is 3. The Morgan fingerprint density at radius 2 is 1.71 bits per heavy atom. The monoisotopic (exact) mass is 296 g/mol. The molecule has 2 rings (SSSR count). The van der Waals surface area contributed by atoms with Crippen LogP contribution in [0.5, 0.6) is 11.5 Å². The number of hydrogen-bond donors (Lipinski definition) is 0. The van der Waals surface area contributed by atoms with E-state index in [1.807, 2.05) is 0 Å². The van der Waals surface area contributed by atoms with Gasteiger partial charge in [-0.3, -0.25) is 4.79 Å². The fourth-order valence-electron chi connectivity index (χ4n) is 1.85. The van der Waals surface area contributed by atoms with E-state index in [0.717, 1.165) is 0 Å². The average Bonchev–Trinajstić information content (AvgIpc) is 2.45. The van der Waals surface area contributed by atoms with Gasteiger partial charge in [0.05, 0.1) is 7.11 Å². The van der Waals surface area contributed by atoms with Gasteiger partial charge in [-0.1, -0.05) is 24.3 Å². The number of halogens is 3. The molecular weight excluding hydrogens is 285 g/mol. The molecule has 3 nitrogen and oxygen atoms in total. The molecular formula is C15H11F3O3. The van der Waals surface area contributed by atoms with Crippen molar-refractivity contribution < 1.29 is 27.4 Å². The van der Waals surface area contributed by atoms with Crippen LogP contribution in [-0.2, 0) is 0 Å². The highest BCUT2D eigenvalue weighted by Crippen LogP contribution is 2.36. The van der Waals surface area contributed by atoms with E-state index in [4.69, 9.17) is 4.74 Å². The molecule has 0 aliphatic heterocycles. The van der Waals surface area contributed by atoms with E-state index in [-0.39, 0.29) is 5.75 Å². The molecule has 6 heteroatoms. The van der Waals surface area contributed by atoms with Crippen LogP contribution >= 0.6 is 0 Å². The molecule has 0 N–H and O–H groups in total. The minimum atomic E-state index is -4.81. The smallest absolute Gasteiger partial charge is 0.493 e. The van der Waals surface area contributed by atoms with Crippen molar-refractivity contribution in [3.63, 3.8) is 0 Å². The van der Waals surface area contributed by atoms with Crippen LogP contribution in [0.2, 0.25) is 0 Å². The van der Waals surface area contributed by atoms with Crippen LogP contribution in [0.3, 0.4) is 0 Å². The first kappa shape index (κ1) is 14.9. The molecule has 0 aliphatic carbocycles. The summed E-state index contributed by atoms with van der Waals surface area (Å²) in [7, 11) is 1.26. The van der Waals surface area contributed by atoms with Gasteiger partial charge in [0.15, 0.2) is 11.5 Å². The highest BCUT2D eigenvalue weighted by Gasteiger charge is 2.32. The van der Waals surface area contributed by atoms with Crippen molar-refractivity contribution in [3.05, 3.63) is 48.0 Å². The van der Waals surface area contributed by atoms with E-state index < -0.39 is 12.1 Å². The minimum absolute atomic E-state index is 0.0254. The van der Waals surface area contributed by atoms with Gasteiger partial charge in [-0.15, -0.1) is 13.2 Å². The molecule has 0 saturated heterocycles. The zero-order valence-corrected chi connectivity index (χ0v) is 11.0. The van der Waals surface area contributed by atoms with Gasteiger partial charge in [0.2, 0.25) is 0 Å². The topological polar surface area (TPSA) is 35.5 Å². The summed E-state index contributed by atoms with van der Waals surface area (Å²) in [5.41, 5.74) is 1.52. The Morgan fingerprint density at radius 3 is 2.33 bits per heavy atom. The molecule has 0 bridgehead atoms. The Hall–Kier alpha value is -2.50. The third kappa shape index (κ3) is 3.75. The summed E-state index contributed by atoms with van der Waals surface area (Å²) in [5.74, 6) is -0.457. The molecule has 0 fully saturated rings. The van der Waals surface area contributed by atoms with Crippen LogP contribution in [0.1, 0.15) is 10.4 Å². The van der Waals surface area contributed by atoms with Gasteiger partial charge in [0, 0.05) is 5.56 Å². The fourth-order valence-corrected chi connectivity index (χ4v) is 1.85. The van der Waals surface area contributed by atoms with E-state index in [1.54, 1.807) is 30.3 Å². The van der Waals surface area contributed by atoms with Crippen LogP contribution in [0.15, 0.2) is 42.5 Å². The molecule has 0 heterocycles. The summed E-state index contributed by atoms with van der Waals surface area (Å²) in [5, 5.41) is 0. The summed E-state index contributed by atoms with van der Waals surface area (Å²) in [6.45, 7) is 0. The van der Waals surface area contributed by atoms with Crippen molar-refractivity contribution in [3.8, 4) is 22.6 Å². The molecule has 2 aromatic rings. The second-order valence-electron chi connectivity index (χ2n) is 4.16. The number of ether oxygens (including phenoxy) is 2. The third-order valence-corrected chi connectivity index (χ3v) is 2.75. The van der Waals surface area contributed by atoms with E-state index in [1.165, 1.54) is 19.2 Å². The summed E-state index contributed by atoms with van der Waals surface area (Å²) in [6, 6.07) is 10.7. The van der Waals surface area contributed by atoms with Gasteiger partial charge in [0.25, 0.3) is 0 Å². The molecule has 0 atom stereocenters. The van der Waals surface area contributed by atoms with Gasteiger partial charge in [-0.05, 0) is 29.3 Å². The van der Waals surface area contributed by atoms with E-state index in [0.29, 0.717) is 23.0 Å². The van der Waals surface area contributed by atoms with Gasteiger partial charge in [0.1, 0.15) is 6.29 Å². The summed E-state index contributed by atoms with van der Waals surface area (Å²) in [6.07, 6.45) is -4.14. The van der Waals surface area contributed by atoms with E-state index >= 15 is 0 Å². The second-order valence-corrected chi connectivity index (χ2v) is 4.16. The first-order valence-electron chi connectivity index (χ1n) is 5.92. The molecule has 2 aromatic carbocycles. The molecule has 0 spiro atoms. The molecule has 110 valence electrons. The van der Waals surface area contributed by atoms with E-state index in [2.05, 4.69) is 4.74 Å². The number of methoxy groups -OCH3 is 1. The SMILES string of the molecule is COc1ccc(-c2cccc(C=O)c2)cc1OC(F)(F)F. The number of carbonyl (C=O) groups is 1. The van der Waals surface area contributed by atoms with Crippen molar-refractivity contribution in [1.82, 2.24) is 0 Å². The maximum Gasteiger partial charge on any atom is 0.573 e. The number of hydrogen-bond acceptors (Lipinski definition) is 3. The molecule has 0 radical (unpaired) electrons. The summed E-state index contributed by atoms with van der Waals surface area (Å²) in [4.78, 5) is 10.8. The van der Waals surface area contributed by atoms with Gasteiger partial charge < -0.3 is 9.47 Å². The lowest BCUT2D eigenvalue weighted by Gasteiger charge is -2.14. The number of aldehydes is 1. The van der Waals surface area contributed by atoms with E-state index in [9.17, 15) is 18.0 Å². The summed E-state index contributed by atoms with van der Waals surface area (Å²) >= 11 is 0. The predicted molar refractivity (Wildman–Crippen MR) is 70.5 cm³/mol. The molecule has 0 unspecified atom stereocenters. The lowest BCUT2D eigenvalue weighted by atomic mass is 10.0. The standard InChI is InChI=1S/C15H11F3O3/c1-20-13-6-5-12(8-14(13)21-15(16,17)18)11-4-2-3-10(7-11)9-19/h2-9H,1H3. The Morgan fingerprint density at radius 1 is 1.00 bits per heavy atom. The first-order chi connectivity index (χ1) is 9.93. The molecule has 0 aromatic heterocycles. The normalized spacial score (nSPS) is 11.0. The highest BCUT2D eigenvalue weighted by molar-refractivity contribution is 5.79. The van der Waals surface area contributed by atoms with Crippen molar-refractivity contribution in [2.75, 3.05) is 7.11 Å². The third-order valence-electron chi connectivity index (χ3n) is 2.75. The maximum atomic E-state index is 12.4. The minimum Gasteiger partial charge on any atom is -0.493 e. The van der Waals surface area contributed by atoms with Gasteiger partial charge >= 0.3 is 6.36 Å². The average molecular weight is 296 g/mol. The highest BCUT2D eigenvalue weighted by atomic mass is 19.4. The molecule has 0 amide bonds. The van der Waals surface area contributed by atoms with Crippen LogP contribution < -0.4 is 9.47 Å². The van der Waals surface area contributed by atoms with Gasteiger partial charge in [-0.25, -0.2) is 0 Å². The zero-order chi connectivity index (χ0) is 15.5. The first-order valence-corrected chi connectivity index (χ1v) is 5.92. The lowest BCUT2D eigenvalue weighted by molar-refractivity contribution is -0.275. The fraction of sp³-hybridized carbons (Fsp3) is 0.133. The van der Waals surface area contributed by atoms with Gasteiger partial charge in [-0.2, -0.15) is 0 Å². The van der Waals surface area contributed by atoms with Crippen LogP contribution in [0.4, 0.5) is 13.2 Å². The van der Waals surface area contributed by atoms with Crippen LogP contribution in [0, 0.1) is 0 Å². The number of benzene rings is 2. The quantitative estimate of drug-likeness (QED) is 0.798. The van der Waals surface area contributed by atoms with Crippen molar-refractivity contribution in [2.45, 2.75) is 6.36 Å². The maximum absolute atomic E-state index is 12.4. The Kier molecular flexibility index (Phi) is 4.16. The van der Waals surface area contributed by atoms with Crippen LogP contribution in [-0.4, -0.2) is 19.8 Å².